The molecule has 5 nitrogen and oxygen atoms in total. The van der Waals surface area contributed by atoms with E-state index in [2.05, 4.69) is 31.2 Å². The second kappa shape index (κ2) is 9.39. The SMILES string of the molecule is C=C/N=C(/C(C=N)=C/CC)c1ccn(COCC[Si](C)(C)C)c1N. The predicted molar refractivity (Wildman–Crippen MR) is 107 cm³/mol. The molecule has 0 aliphatic rings. The zero-order chi connectivity index (χ0) is 18.2. The van der Waals surface area contributed by atoms with Gasteiger partial charge in [-0.15, -0.1) is 0 Å². The van der Waals surface area contributed by atoms with Gasteiger partial charge in [-0.2, -0.15) is 0 Å². The Morgan fingerprint density at radius 1 is 1.46 bits per heavy atom. The number of aromatic nitrogens is 1. The summed E-state index contributed by atoms with van der Waals surface area (Å²) >= 11 is 0. The van der Waals surface area contributed by atoms with Gasteiger partial charge < -0.3 is 20.4 Å². The molecule has 0 spiro atoms. The fourth-order valence-corrected chi connectivity index (χ4v) is 2.93. The molecule has 132 valence electrons. The molecule has 6 heteroatoms. The van der Waals surface area contributed by atoms with Gasteiger partial charge in [-0.1, -0.05) is 39.2 Å². The Kier molecular flexibility index (Phi) is 7.87. The molecule has 0 atom stereocenters. The summed E-state index contributed by atoms with van der Waals surface area (Å²) in [5.74, 6) is 0.590. The van der Waals surface area contributed by atoms with Crippen LogP contribution in [0.1, 0.15) is 18.9 Å². The average molecular weight is 347 g/mol. The molecule has 0 bridgehead atoms. The number of nitrogens with two attached hydrogens (primary N) is 1. The fourth-order valence-electron chi connectivity index (χ4n) is 2.17. The van der Waals surface area contributed by atoms with E-state index in [0.717, 1.165) is 30.2 Å². The molecule has 1 heterocycles. The molecule has 0 saturated heterocycles. The van der Waals surface area contributed by atoms with Crippen molar-refractivity contribution in [3.63, 3.8) is 0 Å². The lowest BCUT2D eigenvalue weighted by molar-refractivity contribution is 0.0889. The second-order valence-electron chi connectivity index (χ2n) is 6.80. The number of allylic oxidation sites excluding steroid dienone is 2. The van der Waals surface area contributed by atoms with Gasteiger partial charge in [0.1, 0.15) is 12.5 Å². The number of hydrogen-bond donors (Lipinski definition) is 2. The maximum absolute atomic E-state index is 7.62. The minimum Gasteiger partial charge on any atom is -0.384 e. The van der Waals surface area contributed by atoms with Crippen LogP contribution in [0.2, 0.25) is 25.7 Å². The van der Waals surface area contributed by atoms with Crippen molar-refractivity contribution in [1.29, 1.82) is 5.41 Å². The van der Waals surface area contributed by atoms with E-state index in [1.54, 1.807) is 0 Å². The van der Waals surface area contributed by atoms with E-state index >= 15 is 0 Å². The van der Waals surface area contributed by atoms with Crippen molar-refractivity contribution in [2.75, 3.05) is 12.3 Å². The van der Waals surface area contributed by atoms with Gasteiger partial charge in [0.05, 0.1) is 5.71 Å². The lowest BCUT2D eigenvalue weighted by Crippen LogP contribution is -2.22. The summed E-state index contributed by atoms with van der Waals surface area (Å²) in [7, 11) is -1.09. The molecule has 0 unspecified atom stereocenters. The van der Waals surface area contributed by atoms with Gasteiger partial charge >= 0.3 is 0 Å². The van der Waals surface area contributed by atoms with Gasteiger partial charge in [0.2, 0.25) is 0 Å². The average Bonchev–Trinajstić information content (AvgIpc) is 2.87. The van der Waals surface area contributed by atoms with E-state index in [9.17, 15) is 0 Å². The van der Waals surface area contributed by atoms with Crippen LogP contribution in [0.15, 0.2) is 41.7 Å². The third-order valence-corrected chi connectivity index (χ3v) is 5.27. The Bertz CT molecular complexity index is 623. The normalized spacial score (nSPS) is 13.2. The summed E-state index contributed by atoms with van der Waals surface area (Å²) in [6.07, 6.45) is 7.44. The first-order valence-electron chi connectivity index (χ1n) is 8.26. The second-order valence-corrected chi connectivity index (χ2v) is 12.4. The zero-order valence-electron chi connectivity index (χ0n) is 15.3. The number of nitrogens with one attached hydrogen (secondary N) is 1. The molecular weight excluding hydrogens is 316 g/mol. The first kappa shape index (κ1) is 20.1. The van der Waals surface area contributed by atoms with Crippen LogP contribution in [0, 0.1) is 5.41 Å². The van der Waals surface area contributed by atoms with E-state index in [1.807, 2.05) is 29.8 Å². The molecule has 1 aromatic heterocycles. The van der Waals surface area contributed by atoms with Gasteiger partial charge in [-0.25, -0.2) is 0 Å². The third-order valence-electron chi connectivity index (χ3n) is 3.56. The van der Waals surface area contributed by atoms with E-state index in [0.29, 0.717) is 18.3 Å². The highest BCUT2D eigenvalue weighted by Crippen LogP contribution is 2.19. The molecular formula is C18H30N4OSi. The molecule has 24 heavy (non-hydrogen) atoms. The number of rotatable bonds is 10. The Labute approximate surface area is 146 Å². The van der Waals surface area contributed by atoms with Crippen molar-refractivity contribution in [3.8, 4) is 0 Å². The molecule has 0 aliphatic heterocycles. The first-order chi connectivity index (χ1) is 11.3. The summed E-state index contributed by atoms with van der Waals surface area (Å²) in [5, 5.41) is 7.62. The predicted octanol–water partition coefficient (Wildman–Crippen LogP) is 4.30. The Hall–Kier alpha value is -1.92. The number of nitrogens with zero attached hydrogens (tertiary/aromatic N) is 2. The van der Waals surface area contributed by atoms with Crippen molar-refractivity contribution in [3.05, 3.63) is 42.3 Å². The Morgan fingerprint density at radius 2 is 2.17 bits per heavy atom. The van der Waals surface area contributed by atoms with Gasteiger partial charge in [-0.05, 0) is 18.5 Å². The minimum atomic E-state index is -1.09. The van der Waals surface area contributed by atoms with Crippen molar-refractivity contribution in [2.45, 2.75) is 45.8 Å². The number of hydrogen-bond acceptors (Lipinski definition) is 4. The third kappa shape index (κ3) is 5.94. The summed E-state index contributed by atoms with van der Waals surface area (Å²) in [6, 6.07) is 3.04. The smallest absolute Gasteiger partial charge is 0.124 e. The fraction of sp³-hybridized carbons (Fsp3) is 0.444. The van der Waals surface area contributed by atoms with Crippen LogP contribution >= 0.6 is 0 Å². The molecule has 0 aliphatic carbocycles. The van der Waals surface area contributed by atoms with Crippen LogP contribution in [0.4, 0.5) is 5.82 Å². The Balaban J connectivity index is 2.92. The molecule has 3 N–H and O–H groups in total. The number of nitrogen functional groups attached to an aromatic ring is 1. The summed E-state index contributed by atoms with van der Waals surface area (Å²) in [6.45, 7) is 13.8. The van der Waals surface area contributed by atoms with Crippen LogP contribution in [0.5, 0.6) is 0 Å². The van der Waals surface area contributed by atoms with Crippen LogP contribution in [0.25, 0.3) is 0 Å². The van der Waals surface area contributed by atoms with Crippen molar-refractivity contribution >= 4 is 25.8 Å². The van der Waals surface area contributed by atoms with Crippen LogP contribution in [-0.2, 0) is 11.5 Å². The van der Waals surface area contributed by atoms with Crippen LogP contribution < -0.4 is 5.73 Å². The maximum atomic E-state index is 7.62. The van der Waals surface area contributed by atoms with E-state index in [1.165, 1.54) is 12.4 Å². The molecule has 1 rings (SSSR count). The molecule has 1 aromatic rings. The quantitative estimate of drug-likeness (QED) is 0.376. The van der Waals surface area contributed by atoms with E-state index < -0.39 is 8.07 Å². The van der Waals surface area contributed by atoms with Gasteiger partial charge in [-0.3, -0.25) is 4.99 Å². The topological polar surface area (TPSA) is 76.4 Å². The van der Waals surface area contributed by atoms with E-state index in [-0.39, 0.29) is 0 Å². The summed E-state index contributed by atoms with van der Waals surface area (Å²) in [5.41, 5.74) is 8.47. The Morgan fingerprint density at radius 3 is 2.71 bits per heavy atom. The van der Waals surface area contributed by atoms with Crippen LogP contribution in [0.3, 0.4) is 0 Å². The lowest BCUT2D eigenvalue weighted by Gasteiger charge is -2.16. The zero-order valence-corrected chi connectivity index (χ0v) is 16.3. The molecule has 0 radical (unpaired) electrons. The van der Waals surface area contributed by atoms with Gasteiger partial charge in [0.15, 0.2) is 0 Å². The number of aliphatic imine (C=N–C) groups is 1. The van der Waals surface area contributed by atoms with Gasteiger partial charge in [0, 0.05) is 44.4 Å². The highest BCUT2D eigenvalue weighted by atomic mass is 28.3. The van der Waals surface area contributed by atoms with Crippen molar-refractivity contribution in [2.24, 2.45) is 4.99 Å². The lowest BCUT2D eigenvalue weighted by atomic mass is 10.0. The molecule has 0 fully saturated rings. The maximum Gasteiger partial charge on any atom is 0.124 e. The van der Waals surface area contributed by atoms with Crippen molar-refractivity contribution < 1.29 is 4.74 Å². The first-order valence-corrected chi connectivity index (χ1v) is 12.0. The van der Waals surface area contributed by atoms with Crippen molar-refractivity contribution in [1.82, 2.24) is 4.57 Å². The standard InChI is InChI=1S/C18H30N4OSi/c1-6-8-15(13-19)17(21-7-2)16-9-10-22(18(16)20)14-23-11-12-24(3,4)5/h7-10,13,19H,2,6,11-12,14,20H2,1,3-5H3/b15-8+,19-13?,21-17-. The largest absolute Gasteiger partial charge is 0.384 e. The number of ether oxygens (including phenoxy) is 1. The van der Waals surface area contributed by atoms with E-state index in [4.69, 9.17) is 15.9 Å². The van der Waals surface area contributed by atoms with Crippen LogP contribution in [-0.4, -0.2) is 31.2 Å². The highest BCUT2D eigenvalue weighted by molar-refractivity contribution is 6.76. The van der Waals surface area contributed by atoms with Gasteiger partial charge in [0.25, 0.3) is 0 Å². The number of anilines is 1. The monoisotopic (exact) mass is 346 g/mol. The molecule has 0 aromatic carbocycles. The summed E-state index contributed by atoms with van der Waals surface area (Å²) in [4.78, 5) is 4.32. The summed E-state index contributed by atoms with van der Waals surface area (Å²) < 4.78 is 7.63. The minimum absolute atomic E-state index is 0.426. The molecule has 0 amide bonds. The molecule has 0 saturated carbocycles. The highest BCUT2D eigenvalue weighted by Gasteiger charge is 2.15.